The lowest BCUT2D eigenvalue weighted by atomic mass is 9.87. The van der Waals surface area contributed by atoms with Crippen LogP contribution in [0.4, 0.5) is 4.79 Å². The maximum atomic E-state index is 10.5. The Labute approximate surface area is 88.8 Å². The van der Waals surface area contributed by atoms with E-state index in [-0.39, 0.29) is 5.41 Å². The first kappa shape index (κ1) is 11.1. The van der Waals surface area contributed by atoms with Crippen LogP contribution in [0.3, 0.4) is 0 Å². The standard InChI is InChI=1S/C11H13ClO2/c1-11(2,3)8-5-4-6-9(7-8)14-10(12)13/h4-7H,1-3H3. The summed E-state index contributed by atoms with van der Waals surface area (Å²) in [7, 11) is 0. The third-order valence-corrected chi connectivity index (χ3v) is 1.98. The average molecular weight is 213 g/mol. The highest BCUT2D eigenvalue weighted by atomic mass is 35.5. The molecule has 14 heavy (non-hydrogen) atoms. The van der Waals surface area contributed by atoms with E-state index in [4.69, 9.17) is 16.3 Å². The second-order valence-corrected chi connectivity index (χ2v) is 4.43. The normalized spacial score (nSPS) is 11.1. The van der Waals surface area contributed by atoms with Gasteiger partial charge in [0.1, 0.15) is 5.75 Å². The van der Waals surface area contributed by atoms with Gasteiger partial charge in [-0.2, -0.15) is 0 Å². The number of carbonyl (C=O) groups excluding carboxylic acids is 1. The molecule has 76 valence electrons. The van der Waals surface area contributed by atoms with Gasteiger partial charge in [-0.1, -0.05) is 32.9 Å². The molecule has 0 unspecified atom stereocenters. The van der Waals surface area contributed by atoms with Crippen molar-refractivity contribution in [1.29, 1.82) is 0 Å². The molecule has 0 aliphatic carbocycles. The number of benzene rings is 1. The van der Waals surface area contributed by atoms with E-state index in [1.165, 1.54) is 0 Å². The second kappa shape index (κ2) is 4.01. The molecule has 0 saturated heterocycles. The van der Waals surface area contributed by atoms with Crippen LogP contribution in [0.15, 0.2) is 24.3 Å². The maximum absolute atomic E-state index is 10.5. The molecule has 0 aliphatic rings. The summed E-state index contributed by atoms with van der Waals surface area (Å²) >= 11 is 5.12. The first-order valence-corrected chi connectivity index (χ1v) is 4.75. The van der Waals surface area contributed by atoms with Crippen molar-refractivity contribution in [3.8, 4) is 5.75 Å². The molecular weight excluding hydrogens is 200 g/mol. The monoisotopic (exact) mass is 212 g/mol. The van der Waals surface area contributed by atoms with Crippen LogP contribution in [0.5, 0.6) is 5.75 Å². The highest BCUT2D eigenvalue weighted by Crippen LogP contribution is 2.25. The fourth-order valence-corrected chi connectivity index (χ4v) is 1.21. The van der Waals surface area contributed by atoms with E-state index in [1.54, 1.807) is 6.07 Å². The van der Waals surface area contributed by atoms with Gasteiger partial charge < -0.3 is 4.74 Å². The average Bonchev–Trinajstić information content (AvgIpc) is 2.01. The van der Waals surface area contributed by atoms with Gasteiger partial charge in [0.15, 0.2) is 0 Å². The van der Waals surface area contributed by atoms with Crippen LogP contribution < -0.4 is 4.74 Å². The van der Waals surface area contributed by atoms with Crippen LogP contribution in [-0.2, 0) is 5.41 Å². The van der Waals surface area contributed by atoms with E-state index in [2.05, 4.69) is 20.8 Å². The number of carbonyl (C=O) groups is 1. The van der Waals surface area contributed by atoms with Gasteiger partial charge in [-0.3, -0.25) is 0 Å². The fourth-order valence-electron chi connectivity index (χ4n) is 1.12. The minimum Gasteiger partial charge on any atom is -0.414 e. The lowest BCUT2D eigenvalue weighted by Gasteiger charge is -2.19. The molecule has 0 heterocycles. The van der Waals surface area contributed by atoms with E-state index >= 15 is 0 Å². The van der Waals surface area contributed by atoms with Crippen LogP contribution in [0, 0.1) is 0 Å². The Morgan fingerprint density at radius 3 is 2.50 bits per heavy atom. The summed E-state index contributed by atoms with van der Waals surface area (Å²) in [5.74, 6) is 0.484. The molecule has 3 heteroatoms. The number of halogens is 1. The molecule has 0 amide bonds. The first-order valence-electron chi connectivity index (χ1n) is 4.37. The topological polar surface area (TPSA) is 26.3 Å². The van der Waals surface area contributed by atoms with Crippen molar-refractivity contribution < 1.29 is 9.53 Å². The Morgan fingerprint density at radius 1 is 1.36 bits per heavy atom. The molecule has 0 radical (unpaired) electrons. The number of hydrogen-bond donors (Lipinski definition) is 0. The molecule has 0 atom stereocenters. The summed E-state index contributed by atoms with van der Waals surface area (Å²) in [6, 6.07) is 7.36. The summed E-state index contributed by atoms with van der Waals surface area (Å²) < 4.78 is 4.78. The molecule has 0 aromatic heterocycles. The van der Waals surface area contributed by atoms with Crippen LogP contribution >= 0.6 is 11.6 Å². The molecule has 0 N–H and O–H groups in total. The lowest BCUT2D eigenvalue weighted by Crippen LogP contribution is -2.11. The molecule has 1 aromatic carbocycles. The first-order chi connectivity index (χ1) is 6.39. The minimum absolute atomic E-state index is 0.0364. The number of hydrogen-bond acceptors (Lipinski definition) is 2. The quantitative estimate of drug-likeness (QED) is 0.664. The molecule has 0 bridgehead atoms. The van der Waals surface area contributed by atoms with E-state index in [0.29, 0.717) is 5.75 Å². The summed E-state index contributed by atoms with van der Waals surface area (Å²) in [5, 5.41) is 0. The molecule has 0 spiro atoms. The smallest absolute Gasteiger partial charge is 0.409 e. The Hall–Kier alpha value is -1.02. The van der Waals surface area contributed by atoms with Crippen molar-refractivity contribution >= 4 is 17.0 Å². The van der Waals surface area contributed by atoms with Gasteiger partial charge in [-0.15, -0.1) is 0 Å². The van der Waals surface area contributed by atoms with E-state index < -0.39 is 5.43 Å². The van der Waals surface area contributed by atoms with Gasteiger partial charge in [-0.05, 0) is 23.1 Å². The molecule has 1 aromatic rings. The largest absolute Gasteiger partial charge is 0.414 e. The molecular formula is C11H13ClO2. The van der Waals surface area contributed by atoms with E-state index in [9.17, 15) is 4.79 Å². The molecule has 2 nitrogen and oxygen atoms in total. The Kier molecular flexibility index (Phi) is 3.17. The van der Waals surface area contributed by atoms with Crippen molar-refractivity contribution in [3.05, 3.63) is 29.8 Å². The van der Waals surface area contributed by atoms with E-state index in [0.717, 1.165) is 5.56 Å². The van der Waals surface area contributed by atoms with Crippen molar-refractivity contribution in [2.75, 3.05) is 0 Å². The molecule has 0 saturated carbocycles. The Bertz CT molecular complexity index is 339. The van der Waals surface area contributed by atoms with Gasteiger partial charge in [0.25, 0.3) is 0 Å². The third kappa shape index (κ3) is 3.04. The fraction of sp³-hybridized carbons (Fsp3) is 0.364. The van der Waals surface area contributed by atoms with Crippen molar-refractivity contribution in [2.24, 2.45) is 0 Å². The van der Waals surface area contributed by atoms with Crippen molar-refractivity contribution in [3.63, 3.8) is 0 Å². The zero-order valence-electron chi connectivity index (χ0n) is 8.50. The van der Waals surface area contributed by atoms with Gasteiger partial charge >= 0.3 is 5.43 Å². The van der Waals surface area contributed by atoms with Gasteiger partial charge in [0.05, 0.1) is 0 Å². The van der Waals surface area contributed by atoms with Crippen LogP contribution in [-0.4, -0.2) is 5.43 Å². The van der Waals surface area contributed by atoms with Crippen LogP contribution in [0.1, 0.15) is 26.3 Å². The molecule has 0 aliphatic heterocycles. The predicted octanol–water partition coefficient (Wildman–Crippen LogP) is 3.72. The molecule has 0 fully saturated rings. The summed E-state index contributed by atoms with van der Waals surface area (Å²) in [6.07, 6.45) is 0. The summed E-state index contributed by atoms with van der Waals surface area (Å²) in [4.78, 5) is 10.5. The lowest BCUT2D eigenvalue weighted by molar-refractivity contribution is 0.225. The Morgan fingerprint density at radius 2 is 2.00 bits per heavy atom. The van der Waals surface area contributed by atoms with Crippen LogP contribution in [0.25, 0.3) is 0 Å². The van der Waals surface area contributed by atoms with Crippen LogP contribution in [0.2, 0.25) is 0 Å². The highest BCUT2D eigenvalue weighted by Gasteiger charge is 2.14. The Balaban J connectivity index is 2.95. The van der Waals surface area contributed by atoms with Gasteiger partial charge in [0, 0.05) is 11.6 Å². The summed E-state index contributed by atoms with van der Waals surface area (Å²) in [5.41, 5.74) is 0.332. The SMILES string of the molecule is CC(C)(C)c1cccc(OC(=O)Cl)c1. The second-order valence-electron chi connectivity index (χ2n) is 4.12. The van der Waals surface area contributed by atoms with Crippen molar-refractivity contribution in [2.45, 2.75) is 26.2 Å². The van der Waals surface area contributed by atoms with Gasteiger partial charge in [-0.25, -0.2) is 4.79 Å². The molecule has 1 rings (SSSR count). The maximum Gasteiger partial charge on any atom is 0.409 e. The zero-order chi connectivity index (χ0) is 10.8. The van der Waals surface area contributed by atoms with Gasteiger partial charge in [0.2, 0.25) is 0 Å². The minimum atomic E-state index is -0.809. The number of rotatable bonds is 1. The number of ether oxygens (including phenoxy) is 1. The van der Waals surface area contributed by atoms with E-state index in [1.807, 2.05) is 18.2 Å². The predicted molar refractivity (Wildman–Crippen MR) is 57.0 cm³/mol. The zero-order valence-corrected chi connectivity index (χ0v) is 9.26. The summed E-state index contributed by atoms with van der Waals surface area (Å²) in [6.45, 7) is 6.28. The third-order valence-electron chi connectivity index (χ3n) is 1.90. The highest BCUT2D eigenvalue weighted by molar-refractivity contribution is 6.61. The van der Waals surface area contributed by atoms with Crippen molar-refractivity contribution in [1.82, 2.24) is 0 Å².